The maximum absolute atomic E-state index is 13.1. The number of anilines is 1. The molecule has 1 aliphatic heterocycles. The molecule has 0 N–H and O–H groups in total. The Bertz CT molecular complexity index is 947. The van der Waals surface area contributed by atoms with E-state index in [1.165, 1.54) is 26.4 Å². The third-order valence-corrected chi connectivity index (χ3v) is 5.33. The molecule has 1 amide bonds. The number of para-hydroxylation sites is 1. The maximum atomic E-state index is 13.1. The molecule has 1 aliphatic rings. The van der Waals surface area contributed by atoms with Gasteiger partial charge in [-0.15, -0.1) is 0 Å². The van der Waals surface area contributed by atoms with Crippen LogP contribution in [-0.2, 0) is 4.74 Å². The number of benzene rings is 2. The number of piperazine rings is 1. The normalized spacial score (nSPS) is 13.8. The number of hydrogen-bond acceptors (Lipinski definition) is 7. The molecule has 1 fully saturated rings. The van der Waals surface area contributed by atoms with Crippen LogP contribution in [0.25, 0.3) is 0 Å². The topological polar surface area (TPSA) is 94.4 Å². The average molecular weight is 450 g/mol. The molecule has 0 aromatic heterocycles. The summed E-state index contributed by atoms with van der Waals surface area (Å²) in [6.07, 6.45) is 0. The fourth-order valence-electron chi connectivity index (χ4n) is 3.41. The lowest BCUT2D eigenvalue weighted by Gasteiger charge is -2.36. The Morgan fingerprint density at radius 1 is 1.10 bits per heavy atom. The van der Waals surface area contributed by atoms with Crippen LogP contribution < -0.4 is 14.4 Å². The average Bonchev–Trinajstić information content (AvgIpc) is 2.79. The monoisotopic (exact) mass is 449 g/mol. The van der Waals surface area contributed by atoms with E-state index in [4.69, 9.17) is 25.8 Å². The third kappa shape index (κ3) is 5.18. The molecule has 31 heavy (non-hydrogen) atoms. The minimum atomic E-state index is -0.587. The van der Waals surface area contributed by atoms with Gasteiger partial charge >= 0.3 is 0 Å². The zero-order valence-electron chi connectivity index (χ0n) is 17.4. The van der Waals surface area contributed by atoms with Gasteiger partial charge in [0.1, 0.15) is 12.2 Å². The smallest absolute Gasteiger partial charge is 0.286 e. The van der Waals surface area contributed by atoms with Crippen molar-refractivity contribution < 1.29 is 23.9 Å². The van der Waals surface area contributed by atoms with Gasteiger partial charge in [-0.25, -0.2) is 0 Å². The molecular formula is C21H24ClN3O6. The summed E-state index contributed by atoms with van der Waals surface area (Å²) in [6.45, 7) is 2.47. The number of hydrogen-bond donors (Lipinski definition) is 0. The SMILES string of the molecule is COCCOc1cc([N+](=O)[O-])c(C(=O)N2CCN(c3ccccc3Cl)CC2)cc1OC. The molecule has 10 heteroatoms. The Hall–Kier alpha value is -3.04. The highest BCUT2D eigenvalue weighted by Gasteiger charge is 2.30. The van der Waals surface area contributed by atoms with Crippen LogP contribution in [0.2, 0.25) is 5.02 Å². The summed E-state index contributed by atoms with van der Waals surface area (Å²) in [5, 5.41) is 12.3. The van der Waals surface area contributed by atoms with E-state index in [-0.39, 0.29) is 29.4 Å². The molecule has 2 aromatic rings. The summed E-state index contributed by atoms with van der Waals surface area (Å²) >= 11 is 6.27. The van der Waals surface area contributed by atoms with Gasteiger partial charge in [0.2, 0.25) is 0 Å². The van der Waals surface area contributed by atoms with Gasteiger partial charge < -0.3 is 24.0 Å². The van der Waals surface area contributed by atoms with E-state index in [9.17, 15) is 14.9 Å². The Morgan fingerprint density at radius 3 is 2.42 bits per heavy atom. The Morgan fingerprint density at radius 2 is 1.81 bits per heavy atom. The second-order valence-electron chi connectivity index (χ2n) is 6.85. The highest BCUT2D eigenvalue weighted by atomic mass is 35.5. The van der Waals surface area contributed by atoms with Crippen molar-refractivity contribution in [1.29, 1.82) is 0 Å². The number of nitro groups is 1. The van der Waals surface area contributed by atoms with Crippen molar-refractivity contribution in [3.63, 3.8) is 0 Å². The number of nitro benzene ring substituents is 1. The van der Waals surface area contributed by atoms with Gasteiger partial charge in [-0.2, -0.15) is 0 Å². The van der Waals surface area contributed by atoms with Crippen LogP contribution >= 0.6 is 11.6 Å². The van der Waals surface area contributed by atoms with Crippen molar-refractivity contribution in [3.8, 4) is 11.5 Å². The van der Waals surface area contributed by atoms with E-state index in [1.54, 1.807) is 4.90 Å². The fraction of sp³-hybridized carbons (Fsp3) is 0.381. The number of amides is 1. The van der Waals surface area contributed by atoms with Gasteiger partial charge in [0.15, 0.2) is 11.5 Å². The summed E-state index contributed by atoms with van der Waals surface area (Å²) in [5.41, 5.74) is 0.542. The van der Waals surface area contributed by atoms with Gasteiger partial charge in [-0.1, -0.05) is 23.7 Å². The molecule has 0 spiro atoms. The van der Waals surface area contributed by atoms with Crippen LogP contribution in [0.15, 0.2) is 36.4 Å². The molecule has 2 aromatic carbocycles. The van der Waals surface area contributed by atoms with Gasteiger partial charge in [-0.3, -0.25) is 14.9 Å². The molecule has 9 nitrogen and oxygen atoms in total. The van der Waals surface area contributed by atoms with Crippen LogP contribution in [0.4, 0.5) is 11.4 Å². The van der Waals surface area contributed by atoms with E-state index >= 15 is 0 Å². The van der Waals surface area contributed by atoms with Gasteiger partial charge in [-0.05, 0) is 12.1 Å². The first-order valence-electron chi connectivity index (χ1n) is 9.73. The molecule has 3 rings (SSSR count). The number of carbonyl (C=O) groups is 1. The first-order valence-corrected chi connectivity index (χ1v) is 10.1. The Balaban J connectivity index is 1.79. The lowest BCUT2D eigenvalue weighted by molar-refractivity contribution is -0.385. The van der Waals surface area contributed by atoms with Gasteiger partial charge in [0, 0.05) is 39.4 Å². The molecule has 0 unspecified atom stereocenters. The molecule has 1 heterocycles. The van der Waals surface area contributed by atoms with Crippen molar-refractivity contribution in [2.75, 3.05) is 58.5 Å². The van der Waals surface area contributed by atoms with Crippen LogP contribution in [0.3, 0.4) is 0 Å². The fourth-order valence-corrected chi connectivity index (χ4v) is 3.66. The van der Waals surface area contributed by atoms with E-state index in [2.05, 4.69) is 4.90 Å². The lowest BCUT2D eigenvalue weighted by Crippen LogP contribution is -2.49. The second-order valence-corrected chi connectivity index (χ2v) is 7.26. The summed E-state index contributed by atoms with van der Waals surface area (Å²) < 4.78 is 15.7. The van der Waals surface area contributed by atoms with Crippen LogP contribution in [0.1, 0.15) is 10.4 Å². The predicted octanol–water partition coefficient (Wildman–Crippen LogP) is 3.24. The Kier molecular flexibility index (Phi) is 7.54. The first-order chi connectivity index (χ1) is 15.0. The maximum Gasteiger partial charge on any atom is 0.286 e. The predicted molar refractivity (Wildman–Crippen MR) is 117 cm³/mol. The molecule has 0 radical (unpaired) electrons. The number of methoxy groups -OCH3 is 2. The zero-order valence-corrected chi connectivity index (χ0v) is 18.1. The Labute approximate surface area is 185 Å². The van der Waals surface area contributed by atoms with Crippen LogP contribution in [0.5, 0.6) is 11.5 Å². The van der Waals surface area contributed by atoms with E-state index in [0.29, 0.717) is 37.8 Å². The van der Waals surface area contributed by atoms with Crippen LogP contribution in [0, 0.1) is 10.1 Å². The molecule has 0 bridgehead atoms. The minimum Gasteiger partial charge on any atom is -0.493 e. The largest absolute Gasteiger partial charge is 0.493 e. The minimum absolute atomic E-state index is 0.0351. The highest BCUT2D eigenvalue weighted by molar-refractivity contribution is 6.33. The molecule has 0 atom stereocenters. The van der Waals surface area contributed by atoms with Gasteiger partial charge in [0.25, 0.3) is 11.6 Å². The van der Waals surface area contributed by atoms with E-state index < -0.39 is 10.8 Å². The lowest BCUT2D eigenvalue weighted by atomic mass is 10.1. The third-order valence-electron chi connectivity index (χ3n) is 5.01. The summed E-state index contributed by atoms with van der Waals surface area (Å²) in [7, 11) is 2.94. The summed E-state index contributed by atoms with van der Waals surface area (Å²) in [5.74, 6) is 0.0124. The standard InChI is InChI=1S/C21H24ClN3O6/c1-29-11-12-31-20-14-18(25(27)28)15(13-19(20)30-2)21(26)24-9-7-23(8-10-24)17-6-4-3-5-16(17)22/h3-6,13-14H,7-12H2,1-2H3. The van der Waals surface area contributed by atoms with Crippen molar-refractivity contribution in [3.05, 3.63) is 57.1 Å². The summed E-state index contributed by atoms with van der Waals surface area (Å²) in [4.78, 5) is 27.9. The number of nitrogens with zero attached hydrogens (tertiary/aromatic N) is 3. The van der Waals surface area contributed by atoms with Crippen molar-refractivity contribution >= 4 is 28.9 Å². The highest BCUT2D eigenvalue weighted by Crippen LogP contribution is 2.36. The molecular weight excluding hydrogens is 426 g/mol. The quantitative estimate of drug-likeness (QED) is 0.347. The number of carbonyl (C=O) groups excluding carboxylic acids is 1. The van der Waals surface area contributed by atoms with Crippen LogP contribution in [-0.4, -0.2) is 69.3 Å². The van der Waals surface area contributed by atoms with Crippen molar-refractivity contribution in [1.82, 2.24) is 4.90 Å². The summed E-state index contributed by atoms with van der Waals surface area (Å²) in [6, 6.07) is 10.1. The van der Waals surface area contributed by atoms with Crippen molar-refractivity contribution in [2.24, 2.45) is 0 Å². The second kappa shape index (κ2) is 10.3. The van der Waals surface area contributed by atoms with E-state index in [0.717, 1.165) is 5.69 Å². The molecule has 0 saturated carbocycles. The molecule has 166 valence electrons. The molecule has 0 aliphatic carbocycles. The van der Waals surface area contributed by atoms with Crippen molar-refractivity contribution in [2.45, 2.75) is 0 Å². The first kappa shape index (κ1) is 22.6. The number of rotatable bonds is 8. The molecule has 1 saturated heterocycles. The van der Waals surface area contributed by atoms with Gasteiger partial charge in [0.05, 0.1) is 35.4 Å². The number of ether oxygens (including phenoxy) is 3. The zero-order chi connectivity index (χ0) is 22.4. The number of halogens is 1. The van der Waals surface area contributed by atoms with E-state index in [1.807, 2.05) is 24.3 Å².